The van der Waals surface area contributed by atoms with Crippen molar-refractivity contribution >= 4 is 39.8 Å². The van der Waals surface area contributed by atoms with Crippen molar-refractivity contribution in [2.75, 3.05) is 0 Å². The number of nitrogens with zero attached hydrogens (tertiary/aromatic N) is 2. The summed E-state index contributed by atoms with van der Waals surface area (Å²) in [5.74, 6) is 0. The van der Waals surface area contributed by atoms with E-state index < -0.39 is 0 Å². The van der Waals surface area contributed by atoms with Crippen LogP contribution in [0.4, 0.5) is 0 Å². The number of hydrogen-bond acceptors (Lipinski definition) is 0. The van der Waals surface area contributed by atoms with E-state index in [0.717, 1.165) is 61.0 Å². The molecule has 230 valence electrons. The molecule has 1 aliphatic heterocycles. The average Bonchev–Trinajstić information content (AvgIpc) is 3.27. The van der Waals surface area contributed by atoms with Crippen LogP contribution in [-0.2, 0) is 23.7 Å². The Morgan fingerprint density at radius 1 is 0.512 bits per heavy atom. The Bertz CT molecular complexity index is 1090. The maximum atomic E-state index is 11.8. The summed E-state index contributed by atoms with van der Waals surface area (Å²) < 4.78 is 1.54. The molecule has 0 N–H and O–H groups in total. The molecule has 2 aromatic rings. The number of unbranched alkanes of at least 4 members (excludes halogenated alkanes) is 8. The minimum absolute atomic E-state index is 1.01. The predicted molar refractivity (Wildman–Crippen MR) is 183 cm³/mol. The van der Waals surface area contributed by atoms with Gasteiger partial charge in [0.05, 0.1) is 0 Å². The Kier molecular flexibility index (Phi) is 19.1. The van der Waals surface area contributed by atoms with Crippen molar-refractivity contribution in [3.05, 3.63) is 87.5 Å². The first-order valence-electron chi connectivity index (χ1n) is 16.0. The Balaban J connectivity index is 0.00000187. The quantitative estimate of drug-likeness (QED) is 0.0829. The molecule has 0 unspecified atom stereocenters. The normalized spacial score (nSPS) is 13.3. The van der Waals surface area contributed by atoms with Crippen LogP contribution in [-0.4, -0.2) is 4.70 Å². The molecule has 5 heteroatoms. The second kappa shape index (κ2) is 21.6. The van der Waals surface area contributed by atoms with Crippen LogP contribution in [0.15, 0.2) is 59.7 Å². The molecule has 3 rings (SSSR count). The second-order valence-electron chi connectivity index (χ2n) is 11.2. The maximum absolute atomic E-state index is 11.8. The molecule has 2 aromatic carbocycles. The summed E-state index contributed by atoms with van der Waals surface area (Å²) in [6, 6.07) is 18.0. The van der Waals surface area contributed by atoms with Gasteiger partial charge in [0, 0.05) is 22.3 Å². The van der Waals surface area contributed by atoms with Crippen LogP contribution in [0.3, 0.4) is 0 Å². The van der Waals surface area contributed by atoms with Crippen LogP contribution < -0.4 is 0 Å². The SMILES string of the molecule is CCCCCCCCC1=C(c2ccc(CCCC)cc2)[N+](=[N-])C(c2ccc(CCCC)cc2)=C1CCCC.[Br][Ni][Br]. The van der Waals surface area contributed by atoms with Gasteiger partial charge in [-0.05, 0) is 86.8 Å². The molecule has 0 atom stereocenters. The molecule has 0 fully saturated rings. The zero-order chi connectivity index (χ0) is 29.9. The first kappa shape index (κ1) is 36.2. The van der Waals surface area contributed by atoms with Crippen molar-refractivity contribution in [1.82, 2.24) is 0 Å². The van der Waals surface area contributed by atoms with Crippen LogP contribution in [0.2, 0.25) is 0 Å². The van der Waals surface area contributed by atoms with Crippen LogP contribution in [0.1, 0.15) is 140 Å². The molecule has 1 heterocycles. The van der Waals surface area contributed by atoms with Gasteiger partial charge in [-0.3, -0.25) is 0 Å². The van der Waals surface area contributed by atoms with E-state index in [9.17, 15) is 5.53 Å². The number of rotatable bonds is 18. The van der Waals surface area contributed by atoms with E-state index in [1.54, 1.807) is 4.70 Å². The fraction of sp³-hybridized carbons (Fsp3) is 0.556. The molecule has 0 aromatic heterocycles. The van der Waals surface area contributed by atoms with Crippen LogP contribution in [0, 0.1) is 0 Å². The number of halogens is 2. The number of aryl methyl sites for hydroxylation is 2. The topological polar surface area (TPSA) is 25.3 Å². The molecule has 1 aliphatic rings. The summed E-state index contributed by atoms with van der Waals surface area (Å²) in [6.45, 7) is 9.04. The fourth-order valence-corrected chi connectivity index (χ4v) is 5.64. The summed E-state index contributed by atoms with van der Waals surface area (Å²) in [6.07, 6.45) is 19.2. The average molecular weight is 731 g/mol. The molecular weight excluding hydrogens is 679 g/mol. The monoisotopic (exact) mass is 728 g/mol. The molecule has 0 aliphatic carbocycles. The molecule has 2 nitrogen and oxygen atoms in total. The Morgan fingerprint density at radius 3 is 1.27 bits per heavy atom. The third-order valence-corrected chi connectivity index (χ3v) is 8.01. The van der Waals surface area contributed by atoms with Gasteiger partial charge in [0.1, 0.15) is 0 Å². The molecular formula is C36H52Br2N2Ni. The van der Waals surface area contributed by atoms with E-state index >= 15 is 0 Å². The van der Waals surface area contributed by atoms with Gasteiger partial charge in [0.2, 0.25) is 11.4 Å². The third kappa shape index (κ3) is 11.9. The van der Waals surface area contributed by atoms with Gasteiger partial charge in [0.15, 0.2) is 0 Å². The minimum atomic E-state index is 1.01. The summed E-state index contributed by atoms with van der Waals surface area (Å²) in [7, 11) is 1.25. The van der Waals surface area contributed by atoms with E-state index in [4.69, 9.17) is 0 Å². The van der Waals surface area contributed by atoms with E-state index in [0.29, 0.717) is 0 Å². The van der Waals surface area contributed by atoms with Crippen molar-refractivity contribution in [2.45, 2.75) is 130 Å². The van der Waals surface area contributed by atoms with E-state index in [1.165, 1.54) is 97.4 Å². The van der Waals surface area contributed by atoms with E-state index in [-0.39, 0.29) is 0 Å². The van der Waals surface area contributed by atoms with Crippen molar-refractivity contribution in [3.63, 3.8) is 0 Å². The zero-order valence-electron chi connectivity index (χ0n) is 25.9. The predicted octanol–water partition coefficient (Wildman–Crippen LogP) is 13.2. The van der Waals surface area contributed by atoms with Crippen molar-refractivity contribution in [1.29, 1.82) is 0 Å². The van der Waals surface area contributed by atoms with Crippen molar-refractivity contribution in [3.8, 4) is 0 Å². The van der Waals surface area contributed by atoms with Crippen molar-refractivity contribution < 1.29 is 15.6 Å². The molecule has 0 radical (unpaired) electrons. The van der Waals surface area contributed by atoms with Gasteiger partial charge < -0.3 is 5.53 Å². The second-order valence-corrected chi connectivity index (χ2v) is 16.2. The van der Waals surface area contributed by atoms with Gasteiger partial charge in [-0.2, -0.15) is 0 Å². The van der Waals surface area contributed by atoms with Crippen LogP contribution in [0.25, 0.3) is 16.9 Å². The summed E-state index contributed by atoms with van der Waals surface area (Å²) >= 11 is 6.00. The number of benzene rings is 2. The number of hydrogen-bond donors (Lipinski definition) is 0. The standard InChI is InChI=1S/C36H52N2.2BrH.Ni/c1-5-9-13-14-15-16-20-34-33(19-12-8-4)35(31-25-21-29(22-26-31)17-10-6-2)38(37)36(34)32-27-23-30(24-28-32)18-11-7-3;;;/h21-28H,5-20H2,1-4H3;2*1H;/q;;;+2/p-2. The van der Waals surface area contributed by atoms with E-state index in [1.807, 2.05) is 0 Å². The summed E-state index contributed by atoms with van der Waals surface area (Å²) in [4.78, 5) is 0. The molecule has 0 bridgehead atoms. The molecule has 41 heavy (non-hydrogen) atoms. The first-order chi connectivity index (χ1) is 20.1. The Hall–Kier alpha value is -1.03. The number of allylic oxidation sites excluding steroid dienone is 2. The summed E-state index contributed by atoms with van der Waals surface area (Å²) in [5, 5.41) is 0. The fourth-order valence-electron chi connectivity index (χ4n) is 5.64. The third-order valence-electron chi connectivity index (χ3n) is 8.01. The Labute approximate surface area is 271 Å². The zero-order valence-corrected chi connectivity index (χ0v) is 30.1. The first-order valence-corrected chi connectivity index (χ1v) is 20.9. The van der Waals surface area contributed by atoms with Gasteiger partial charge in [-0.25, -0.2) is 4.70 Å². The summed E-state index contributed by atoms with van der Waals surface area (Å²) in [5.41, 5.74) is 21.6. The molecule has 0 saturated carbocycles. The van der Waals surface area contributed by atoms with Gasteiger partial charge in [0.25, 0.3) is 0 Å². The van der Waals surface area contributed by atoms with E-state index in [2.05, 4.69) is 105 Å². The Morgan fingerprint density at radius 2 is 0.854 bits per heavy atom. The van der Waals surface area contributed by atoms with Crippen LogP contribution >= 0.6 is 28.5 Å². The van der Waals surface area contributed by atoms with Gasteiger partial charge in [-0.15, -0.1) is 0 Å². The molecule has 0 amide bonds. The van der Waals surface area contributed by atoms with Gasteiger partial charge in [-0.1, -0.05) is 103 Å². The van der Waals surface area contributed by atoms with Crippen LogP contribution in [0.5, 0.6) is 0 Å². The van der Waals surface area contributed by atoms with Gasteiger partial charge >= 0.3 is 39.3 Å². The molecule has 0 spiro atoms. The van der Waals surface area contributed by atoms with Crippen molar-refractivity contribution in [2.24, 2.45) is 0 Å². The molecule has 0 saturated heterocycles.